The molecule has 2 aromatic heterocycles. The highest BCUT2D eigenvalue weighted by atomic mass is 16.1. The number of aromatic amines is 1. The normalized spacial score (nSPS) is 15.6. The van der Waals surface area contributed by atoms with Gasteiger partial charge >= 0.3 is 0 Å². The molecule has 1 fully saturated rings. The third-order valence-electron chi connectivity index (χ3n) is 3.04. The standard InChI is InChI=1S/C11H14N4O/c1-12-10-9-8(4-5-13-11(9)16)15(14-10)6-7-2-3-7/h4-5,7H,2-3,6H2,1H3,(H,12,14)(H,13,16). The highest BCUT2D eigenvalue weighted by Crippen LogP contribution is 2.32. The lowest BCUT2D eigenvalue weighted by molar-refractivity contribution is 0.582. The predicted molar refractivity (Wildman–Crippen MR) is 62.6 cm³/mol. The number of nitrogens with zero attached hydrogens (tertiary/aromatic N) is 2. The van der Waals surface area contributed by atoms with Gasteiger partial charge in [-0.1, -0.05) is 0 Å². The van der Waals surface area contributed by atoms with E-state index >= 15 is 0 Å². The van der Waals surface area contributed by atoms with Crippen LogP contribution in [0.5, 0.6) is 0 Å². The molecular formula is C11H14N4O. The Kier molecular flexibility index (Phi) is 1.99. The predicted octanol–water partition coefficient (Wildman–Crippen LogP) is 1.18. The third-order valence-corrected chi connectivity index (χ3v) is 3.04. The van der Waals surface area contributed by atoms with Gasteiger partial charge < -0.3 is 10.3 Å². The topological polar surface area (TPSA) is 62.7 Å². The summed E-state index contributed by atoms with van der Waals surface area (Å²) in [6.07, 6.45) is 4.23. The van der Waals surface area contributed by atoms with Crippen LogP contribution in [0.1, 0.15) is 12.8 Å². The van der Waals surface area contributed by atoms with E-state index in [1.807, 2.05) is 10.7 Å². The first kappa shape index (κ1) is 9.45. The van der Waals surface area contributed by atoms with Crippen molar-refractivity contribution in [3.63, 3.8) is 0 Å². The molecule has 0 amide bonds. The molecule has 0 spiro atoms. The SMILES string of the molecule is CNc1nn(CC2CC2)c2cc[nH]c(=O)c12. The number of H-pyrrole nitrogens is 1. The van der Waals surface area contributed by atoms with E-state index in [1.54, 1.807) is 13.2 Å². The zero-order valence-corrected chi connectivity index (χ0v) is 9.16. The molecule has 0 saturated heterocycles. The van der Waals surface area contributed by atoms with E-state index in [-0.39, 0.29) is 5.56 Å². The van der Waals surface area contributed by atoms with Crippen LogP contribution in [0.15, 0.2) is 17.1 Å². The number of fused-ring (bicyclic) bond motifs is 1. The molecule has 5 heteroatoms. The minimum atomic E-state index is -0.0797. The van der Waals surface area contributed by atoms with Gasteiger partial charge in [0, 0.05) is 19.8 Å². The van der Waals surface area contributed by atoms with Gasteiger partial charge in [0.05, 0.1) is 5.52 Å². The van der Waals surface area contributed by atoms with E-state index in [1.165, 1.54) is 12.8 Å². The number of pyridine rings is 1. The van der Waals surface area contributed by atoms with Gasteiger partial charge in [-0.2, -0.15) is 5.10 Å². The molecule has 0 radical (unpaired) electrons. The smallest absolute Gasteiger partial charge is 0.261 e. The van der Waals surface area contributed by atoms with E-state index in [2.05, 4.69) is 15.4 Å². The lowest BCUT2D eigenvalue weighted by atomic mass is 10.3. The monoisotopic (exact) mass is 218 g/mol. The zero-order valence-electron chi connectivity index (χ0n) is 9.16. The van der Waals surface area contributed by atoms with Gasteiger partial charge in [-0.05, 0) is 24.8 Å². The number of rotatable bonds is 3. The van der Waals surface area contributed by atoms with Crippen LogP contribution in [0.4, 0.5) is 5.82 Å². The van der Waals surface area contributed by atoms with Crippen molar-refractivity contribution in [3.8, 4) is 0 Å². The number of anilines is 1. The molecule has 1 saturated carbocycles. The first-order chi connectivity index (χ1) is 7.79. The van der Waals surface area contributed by atoms with Crippen molar-refractivity contribution in [3.05, 3.63) is 22.6 Å². The van der Waals surface area contributed by atoms with E-state index in [4.69, 9.17) is 0 Å². The Hall–Kier alpha value is -1.78. The molecule has 1 aliphatic rings. The Labute approximate surface area is 92.5 Å². The summed E-state index contributed by atoms with van der Waals surface area (Å²) in [4.78, 5) is 14.4. The van der Waals surface area contributed by atoms with Gasteiger partial charge in [0.25, 0.3) is 5.56 Å². The molecule has 3 rings (SSSR count). The van der Waals surface area contributed by atoms with E-state index in [0.29, 0.717) is 11.2 Å². The molecule has 2 N–H and O–H groups in total. The molecule has 1 aliphatic carbocycles. The Morgan fingerprint density at radius 1 is 1.62 bits per heavy atom. The Morgan fingerprint density at radius 3 is 3.12 bits per heavy atom. The first-order valence-corrected chi connectivity index (χ1v) is 5.55. The summed E-state index contributed by atoms with van der Waals surface area (Å²) in [5, 5.41) is 8.07. The summed E-state index contributed by atoms with van der Waals surface area (Å²) in [5.41, 5.74) is 0.837. The zero-order chi connectivity index (χ0) is 11.1. The summed E-state index contributed by atoms with van der Waals surface area (Å²) in [5.74, 6) is 1.41. The van der Waals surface area contributed by atoms with Crippen molar-refractivity contribution >= 4 is 16.7 Å². The third kappa shape index (κ3) is 1.39. The second-order valence-electron chi connectivity index (χ2n) is 4.29. The minimum Gasteiger partial charge on any atom is -0.371 e. The van der Waals surface area contributed by atoms with Crippen molar-refractivity contribution in [1.29, 1.82) is 0 Å². The molecule has 0 aromatic carbocycles. The van der Waals surface area contributed by atoms with Crippen LogP contribution in [0, 0.1) is 5.92 Å². The van der Waals surface area contributed by atoms with Crippen LogP contribution < -0.4 is 10.9 Å². The van der Waals surface area contributed by atoms with Crippen molar-refractivity contribution in [2.24, 2.45) is 5.92 Å². The fraction of sp³-hybridized carbons (Fsp3) is 0.455. The lowest BCUT2D eigenvalue weighted by Gasteiger charge is -1.99. The summed E-state index contributed by atoms with van der Waals surface area (Å²) in [7, 11) is 1.79. The molecule has 0 bridgehead atoms. The second-order valence-corrected chi connectivity index (χ2v) is 4.29. The van der Waals surface area contributed by atoms with Crippen LogP contribution >= 0.6 is 0 Å². The average molecular weight is 218 g/mol. The molecule has 0 aliphatic heterocycles. The largest absolute Gasteiger partial charge is 0.371 e. The van der Waals surface area contributed by atoms with Crippen molar-refractivity contribution < 1.29 is 0 Å². The Balaban J connectivity index is 2.20. The molecule has 84 valence electrons. The Morgan fingerprint density at radius 2 is 2.44 bits per heavy atom. The maximum absolute atomic E-state index is 11.7. The van der Waals surface area contributed by atoms with Gasteiger partial charge in [-0.25, -0.2) is 0 Å². The first-order valence-electron chi connectivity index (χ1n) is 5.55. The van der Waals surface area contributed by atoms with Crippen molar-refractivity contribution in [2.75, 3.05) is 12.4 Å². The maximum atomic E-state index is 11.7. The molecule has 5 nitrogen and oxygen atoms in total. The van der Waals surface area contributed by atoms with Crippen molar-refractivity contribution in [2.45, 2.75) is 19.4 Å². The second kappa shape index (κ2) is 3.37. The summed E-state index contributed by atoms with van der Waals surface area (Å²) < 4.78 is 1.94. The fourth-order valence-electron chi connectivity index (χ4n) is 2.00. The van der Waals surface area contributed by atoms with Crippen LogP contribution in [-0.2, 0) is 6.54 Å². The summed E-state index contributed by atoms with van der Waals surface area (Å²) in [6, 6.07) is 1.91. The number of aromatic nitrogens is 3. The van der Waals surface area contributed by atoms with Crippen molar-refractivity contribution in [1.82, 2.24) is 14.8 Å². The van der Waals surface area contributed by atoms with Crippen LogP contribution in [0.3, 0.4) is 0 Å². The van der Waals surface area contributed by atoms with E-state index in [9.17, 15) is 4.79 Å². The molecule has 2 heterocycles. The number of hydrogen-bond donors (Lipinski definition) is 2. The van der Waals surface area contributed by atoms with E-state index in [0.717, 1.165) is 18.0 Å². The van der Waals surface area contributed by atoms with Crippen LogP contribution in [-0.4, -0.2) is 21.8 Å². The molecule has 16 heavy (non-hydrogen) atoms. The summed E-state index contributed by atoms with van der Waals surface area (Å²) >= 11 is 0. The molecule has 0 unspecified atom stereocenters. The highest BCUT2D eigenvalue weighted by Gasteiger charge is 2.24. The molecule has 2 aromatic rings. The quantitative estimate of drug-likeness (QED) is 0.813. The van der Waals surface area contributed by atoms with Crippen LogP contribution in [0.2, 0.25) is 0 Å². The average Bonchev–Trinajstić information content (AvgIpc) is 3.01. The van der Waals surface area contributed by atoms with Gasteiger partial charge in [0.15, 0.2) is 5.82 Å². The molecule has 0 atom stereocenters. The van der Waals surface area contributed by atoms with Gasteiger partial charge in [0.1, 0.15) is 5.39 Å². The van der Waals surface area contributed by atoms with E-state index < -0.39 is 0 Å². The minimum absolute atomic E-state index is 0.0797. The summed E-state index contributed by atoms with van der Waals surface area (Å²) in [6.45, 7) is 0.918. The Bertz CT molecular complexity index is 579. The maximum Gasteiger partial charge on any atom is 0.261 e. The lowest BCUT2D eigenvalue weighted by Crippen LogP contribution is -2.06. The van der Waals surface area contributed by atoms with Gasteiger partial charge in [-0.3, -0.25) is 9.48 Å². The van der Waals surface area contributed by atoms with Gasteiger partial charge in [-0.15, -0.1) is 0 Å². The molecular weight excluding hydrogens is 204 g/mol. The number of hydrogen-bond acceptors (Lipinski definition) is 3. The number of nitrogens with one attached hydrogen (secondary N) is 2. The fourth-order valence-corrected chi connectivity index (χ4v) is 2.00. The van der Waals surface area contributed by atoms with Gasteiger partial charge in [0.2, 0.25) is 0 Å². The van der Waals surface area contributed by atoms with Crippen LogP contribution in [0.25, 0.3) is 10.9 Å². The highest BCUT2D eigenvalue weighted by molar-refractivity contribution is 5.89.